The summed E-state index contributed by atoms with van der Waals surface area (Å²) in [6.07, 6.45) is 0. The first-order valence-corrected chi connectivity index (χ1v) is 5.84. The van der Waals surface area contributed by atoms with Gasteiger partial charge in [-0.25, -0.2) is 14.3 Å². The fraction of sp³-hybridized carbons (Fsp3) is 0.636. The van der Waals surface area contributed by atoms with Crippen molar-refractivity contribution in [3.05, 3.63) is 5.69 Å². The number of methoxy groups -OCH3 is 1. The first kappa shape index (κ1) is 14.9. The molecule has 0 saturated carbocycles. The van der Waals surface area contributed by atoms with Gasteiger partial charge in [0.15, 0.2) is 11.9 Å². The number of nitrogen functional groups attached to an aromatic ring is 1. The Labute approximate surface area is 110 Å². The van der Waals surface area contributed by atoms with Crippen LogP contribution < -0.4 is 5.73 Å². The number of hydrogen-bond donors (Lipinski definition) is 1. The minimum atomic E-state index is -0.760. The number of rotatable bonds is 5. The standard InChI is InChI=1S/C11H18N4O4/c1-6(2)5-19-10(16)7(3)15-9(12)8(13-14-15)11(17)18-4/h6-7H,5,12H2,1-4H3. The average Bonchev–Trinajstić information content (AvgIpc) is 2.75. The second-order valence-electron chi connectivity index (χ2n) is 4.46. The average molecular weight is 270 g/mol. The van der Waals surface area contributed by atoms with E-state index in [0.717, 1.165) is 4.68 Å². The van der Waals surface area contributed by atoms with E-state index in [9.17, 15) is 9.59 Å². The van der Waals surface area contributed by atoms with Crippen LogP contribution in [0.4, 0.5) is 5.82 Å². The monoisotopic (exact) mass is 270 g/mol. The molecule has 8 heteroatoms. The zero-order chi connectivity index (χ0) is 14.6. The van der Waals surface area contributed by atoms with Gasteiger partial charge in [0, 0.05) is 0 Å². The smallest absolute Gasteiger partial charge is 0.362 e. The predicted molar refractivity (Wildman–Crippen MR) is 66.3 cm³/mol. The molecule has 0 radical (unpaired) electrons. The number of nitrogens with zero attached hydrogens (tertiary/aromatic N) is 3. The first-order chi connectivity index (χ1) is 8.88. The molecule has 1 rings (SSSR count). The molecule has 0 saturated heterocycles. The van der Waals surface area contributed by atoms with Gasteiger partial charge >= 0.3 is 11.9 Å². The summed E-state index contributed by atoms with van der Waals surface area (Å²) in [5, 5.41) is 7.26. The zero-order valence-electron chi connectivity index (χ0n) is 11.4. The van der Waals surface area contributed by atoms with Crippen molar-refractivity contribution in [1.29, 1.82) is 0 Å². The fourth-order valence-corrected chi connectivity index (χ4v) is 1.30. The van der Waals surface area contributed by atoms with Crippen molar-refractivity contribution in [3.63, 3.8) is 0 Å². The van der Waals surface area contributed by atoms with Crippen LogP contribution in [-0.2, 0) is 14.3 Å². The second-order valence-corrected chi connectivity index (χ2v) is 4.46. The molecule has 1 heterocycles. The van der Waals surface area contributed by atoms with E-state index in [-0.39, 0.29) is 17.4 Å². The van der Waals surface area contributed by atoms with E-state index in [4.69, 9.17) is 10.5 Å². The number of nitrogens with two attached hydrogens (primary N) is 1. The number of ether oxygens (including phenoxy) is 2. The largest absolute Gasteiger partial charge is 0.464 e. The Morgan fingerprint density at radius 2 is 2.00 bits per heavy atom. The molecule has 0 aliphatic heterocycles. The van der Waals surface area contributed by atoms with Crippen LogP contribution in [0.1, 0.15) is 37.3 Å². The molecule has 1 aromatic rings. The number of hydrogen-bond acceptors (Lipinski definition) is 7. The highest BCUT2D eigenvalue weighted by atomic mass is 16.5. The molecule has 0 aliphatic carbocycles. The molecule has 0 aromatic carbocycles. The number of carbonyl (C=O) groups excluding carboxylic acids is 2. The molecule has 0 aliphatic rings. The summed E-state index contributed by atoms with van der Waals surface area (Å²) in [5.41, 5.74) is 5.58. The van der Waals surface area contributed by atoms with Crippen LogP contribution in [0.3, 0.4) is 0 Å². The van der Waals surface area contributed by atoms with Crippen LogP contribution >= 0.6 is 0 Å². The molecule has 19 heavy (non-hydrogen) atoms. The van der Waals surface area contributed by atoms with Gasteiger partial charge in [0.2, 0.25) is 5.69 Å². The number of esters is 2. The maximum Gasteiger partial charge on any atom is 0.362 e. The van der Waals surface area contributed by atoms with Crippen LogP contribution in [-0.4, -0.2) is 40.6 Å². The molecule has 8 nitrogen and oxygen atoms in total. The Hall–Kier alpha value is -2.12. The van der Waals surface area contributed by atoms with Crippen molar-refractivity contribution < 1.29 is 19.1 Å². The minimum absolute atomic E-state index is 0.0270. The van der Waals surface area contributed by atoms with Gasteiger partial charge in [0.05, 0.1) is 13.7 Å². The van der Waals surface area contributed by atoms with E-state index >= 15 is 0 Å². The van der Waals surface area contributed by atoms with Gasteiger partial charge in [-0.3, -0.25) is 0 Å². The van der Waals surface area contributed by atoms with Crippen LogP contribution in [0.25, 0.3) is 0 Å². The molecule has 2 N–H and O–H groups in total. The molecule has 1 aromatic heterocycles. The lowest BCUT2D eigenvalue weighted by Crippen LogP contribution is -2.23. The third-order valence-electron chi connectivity index (χ3n) is 2.38. The van der Waals surface area contributed by atoms with Gasteiger partial charge in [0.25, 0.3) is 0 Å². The highest BCUT2D eigenvalue weighted by Gasteiger charge is 2.25. The zero-order valence-corrected chi connectivity index (χ0v) is 11.4. The van der Waals surface area contributed by atoms with Gasteiger partial charge in [-0.05, 0) is 12.8 Å². The Kier molecular flexibility index (Phi) is 4.85. The third kappa shape index (κ3) is 3.43. The van der Waals surface area contributed by atoms with E-state index in [1.807, 2.05) is 13.8 Å². The predicted octanol–water partition coefficient (Wildman–Crippen LogP) is 0.407. The molecule has 106 valence electrons. The van der Waals surface area contributed by atoms with Gasteiger partial charge < -0.3 is 15.2 Å². The number of aromatic nitrogens is 3. The molecule has 1 atom stereocenters. The summed E-state index contributed by atoms with van der Waals surface area (Å²) < 4.78 is 10.7. The molecular formula is C11H18N4O4. The SMILES string of the molecule is COC(=O)c1nnn(C(C)C(=O)OCC(C)C)c1N. The summed E-state index contributed by atoms with van der Waals surface area (Å²) in [6, 6.07) is -0.760. The van der Waals surface area contributed by atoms with Crippen molar-refractivity contribution in [3.8, 4) is 0 Å². The van der Waals surface area contributed by atoms with Crippen LogP contribution in [0.5, 0.6) is 0 Å². The summed E-state index contributed by atoms with van der Waals surface area (Å²) in [4.78, 5) is 23.1. The molecule has 0 fully saturated rings. The Bertz CT molecular complexity index is 469. The topological polar surface area (TPSA) is 109 Å². The number of carbonyl (C=O) groups is 2. The van der Waals surface area contributed by atoms with E-state index in [0.29, 0.717) is 6.61 Å². The first-order valence-electron chi connectivity index (χ1n) is 5.84. The fourth-order valence-electron chi connectivity index (χ4n) is 1.30. The van der Waals surface area contributed by atoms with Crippen molar-refractivity contribution in [2.45, 2.75) is 26.8 Å². The van der Waals surface area contributed by atoms with E-state index in [2.05, 4.69) is 15.0 Å². The minimum Gasteiger partial charge on any atom is -0.464 e. The maximum atomic E-state index is 11.8. The quantitative estimate of drug-likeness (QED) is 0.771. The highest BCUT2D eigenvalue weighted by molar-refractivity contribution is 5.92. The molecule has 0 amide bonds. The van der Waals surface area contributed by atoms with Crippen molar-refractivity contribution in [1.82, 2.24) is 15.0 Å². The van der Waals surface area contributed by atoms with Gasteiger partial charge in [0.1, 0.15) is 0 Å². The summed E-state index contributed by atoms with van der Waals surface area (Å²) in [6.45, 7) is 5.73. The lowest BCUT2D eigenvalue weighted by atomic mass is 10.2. The Morgan fingerprint density at radius 3 is 2.53 bits per heavy atom. The van der Waals surface area contributed by atoms with Gasteiger partial charge in [-0.15, -0.1) is 5.10 Å². The third-order valence-corrected chi connectivity index (χ3v) is 2.38. The van der Waals surface area contributed by atoms with Crippen LogP contribution in [0, 0.1) is 5.92 Å². The van der Waals surface area contributed by atoms with E-state index < -0.39 is 18.0 Å². The van der Waals surface area contributed by atoms with Crippen molar-refractivity contribution >= 4 is 17.8 Å². The lowest BCUT2D eigenvalue weighted by Gasteiger charge is -2.13. The van der Waals surface area contributed by atoms with E-state index in [1.54, 1.807) is 6.92 Å². The van der Waals surface area contributed by atoms with Crippen LogP contribution in [0.15, 0.2) is 0 Å². The summed E-state index contributed by atoms with van der Waals surface area (Å²) in [7, 11) is 1.21. The van der Waals surface area contributed by atoms with E-state index in [1.165, 1.54) is 7.11 Å². The van der Waals surface area contributed by atoms with Crippen LogP contribution in [0.2, 0.25) is 0 Å². The highest BCUT2D eigenvalue weighted by Crippen LogP contribution is 2.16. The molecule has 0 bridgehead atoms. The van der Waals surface area contributed by atoms with Crippen molar-refractivity contribution in [2.75, 3.05) is 19.5 Å². The second kappa shape index (κ2) is 6.17. The molecule has 0 spiro atoms. The molecule has 1 unspecified atom stereocenters. The normalized spacial score (nSPS) is 12.3. The lowest BCUT2D eigenvalue weighted by molar-refractivity contribution is -0.148. The number of anilines is 1. The Balaban J connectivity index is 2.83. The molecular weight excluding hydrogens is 252 g/mol. The maximum absolute atomic E-state index is 11.8. The van der Waals surface area contributed by atoms with Gasteiger partial charge in [-0.1, -0.05) is 19.1 Å². The Morgan fingerprint density at radius 1 is 1.37 bits per heavy atom. The summed E-state index contributed by atoms with van der Waals surface area (Å²) in [5.74, 6) is -0.982. The summed E-state index contributed by atoms with van der Waals surface area (Å²) >= 11 is 0. The van der Waals surface area contributed by atoms with Crippen molar-refractivity contribution in [2.24, 2.45) is 5.92 Å². The van der Waals surface area contributed by atoms with Gasteiger partial charge in [-0.2, -0.15) is 0 Å².